The van der Waals surface area contributed by atoms with E-state index in [1.54, 1.807) is 31.2 Å². The van der Waals surface area contributed by atoms with E-state index in [1.807, 2.05) is 30.3 Å². The molecule has 0 aliphatic rings. The largest absolute Gasteiger partial charge is 0.441 e. The molecule has 0 aliphatic heterocycles. The van der Waals surface area contributed by atoms with Gasteiger partial charge in [-0.1, -0.05) is 42.5 Å². The number of nitrogens with zero attached hydrogens (tertiary/aromatic N) is 1. The highest BCUT2D eigenvalue weighted by Crippen LogP contribution is 2.29. The normalized spacial score (nSPS) is 10.7. The maximum atomic E-state index is 13.9. The zero-order valence-corrected chi connectivity index (χ0v) is 18.6. The predicted molar refractivity (Wildman–Crippen MR) is 123 cm³/mol. The highest BCUT2D eigenvalue weighted by molar-refractivity contribution is 5.96. The summed E-state index contributed by atoms with van der Waals surface area (Å²) < 4.78 is 46.9. The molecule has 0 saturated heterocycles. The lowest BCUT2D eigenvalue weighted by atomic mass is 10.1. The highest BCUT2D eigenvalue weighted by atomic mass is 19.2. The van der Waals surface area contributed by atoms with Crippen molar-refractivity contribution in [2.75, 3.05) is 5.32 Å². The van der Waals surface area contributed by atoms with E-state index in [9.17, 15) is 22.8 Å². The van der Waals surface area contributed by atoms with Crippen molar-refractivity contribution >= 4 is 17.5 Å². The summed E-state index contributed by atoms with van der Waals surface area (Å²) in [5.41, 5.74) is 1.14. The van der Waals surface area contributed by atoms with E-state index < -0.39 is 28.9 Å². The molecule has 0 atom stereocenters. The average molecular weight is 479 g/mol. The second-order valence-electron chi connectivity index (χ2n) is 7.68. The SMILES string of the molecule is Cc1oc(-c2ccccc2NC(=O)Cc2ccccc2)nc1CNC(=O)c1c(F)ccc(F)c1F. The summed E-state index contributed by atoms with van der Waals surface area (Å²) in [6.07, 6.45) is 0.185. The Kier molecular flexibility index (Phi) is 6.96. The summed E-state index contributed by atoms with van der Waals surface area (Å²) >= 11 is 0. The van der Waals surface area contributed by atoms with Crippen molar-refractivity contribution in [1.29, 1.82) is 0 Å². The maximum absolute atomic E-state index is 13.9. The van der Waals surface area contributed by atoms with Gasteiger partial charge < -0.3 is 15.1 Å². The molecule has 0 bridgehead atoms. The topological polar surface area (TPSA) is 84.2 Å². The second-order valence-corrected chi connectivity index (χ2v) is 7.68. The summed E-state index contributed by atoms with van der Waals surface area (Å²) in [6.45, 7) is 1.39. The number of hydrogen-bond donors (Lipinski definition) is 2. The van der Waals surface area contributed by atoms with E-state index in [-0.39, 0.29) is 24.8 Å². The van der Waals surface area contributed by atoms with Gasteiger partial charge in [-0.2, -0.15) is 0 Å². The fraction of sp³-hybridized carbons (Fsp3) is 0.115. The molecule has 1 heterocycles. The second kappa shape index (κ2) is 10.3. The number of benzene rings is 3. The molecule has 9 heteroatoms. The van der Waals surface area contributed by atoms with Crippen LogP contribution in [-0.2, 0) is 17.8 Å². The molecular weight excluding hydrogens is 459 g/mol. The van der Waals surface area contributed by atoms with Crippen molar-refractivity contribution < 1.29 is 27.2 Å². The summed E-state index contributed by atoms with van der Waals surface area (Å²) in [5.74, 6) is -4.89. The van der Waals surface area contributed by atoms with Crippen LogP contribution in [0, 0.1) is 24.4 Å². The lowest BCUT2D eigenvalue weighted by Gasteiger charge is -2.09. The lowest BCUT2D eigenvalue weighted by molar-refractivity contribution is -0.115. The number of carbonyl (C=O) groups excluding carboxylic acids is 2. The van der Waals surface area contributed by atoms with Crippen LogP contribution in [0.4, 0.5) is 18.9 Å². The van der Waals surface area contributed by atoms with E-state index in [1.165, 1.54) is 0 Å². The first kappa shape index (κ1) is 23.7. The molecule has 35 heavy (non-hydrogen) atoms. The van der Waals surface area contributed by atoms with Crippen molar-refractivity contribution in [3.8, 4) is 11.5 Å². The first-order valence-electron chi connectivity index (χ1n) is 10.6. The lowest BCUT2D eigenvalue weighted by Crippen LogP contribution is -2.26. The van der Waals surface area contributed by atoms with Gasteiger partial charge in [0.25, 0.3) is 5.91 Å². The van der Waals surface area contributed by atoms with Gasteiger partial charge in [0.1, 0.15) is 22.8 Å². The number of anilines is 1. The van der Waals surface area contributed by atoms with Crippen molar-refractivity contribution in [3.05, 3.63) is 107 Å². The minimum absolute atomic E-state index is 0.185. The Hall–Kier alpha value is -4.40. The predicted octanol–water partition coefficient (Wildman–Crippen LogP) is 5.18. The van der Waals surface area contributed by atoms with Gasteiger partial charge in [0.2, 0.25) is 11.8 Å². The number of halogens is 3. The Morgan fingerprint density at radius 3 is 2.37 bits per heavy atom. The average Bonchev–Trinajstić information content (AvgIpc) is 3.21. The van der Waals surface area contributed by atoms with Crippen LogP contribution < -0.4 is 10.6 Å². The van der Waals surface area contributed by atoms with E-state index in [0.29, 0.717) is 34.8 Å². The molecule has 0 saturated carbocycles. The Balaban J connectivity index is 1.49. The smallest absolute Gasteiger partial charge is 0.257 e. The zero-order valence-electron chi connectivity index (χ0n) is 18.6. The molecule has 2 N–H and O–H groups in total. The van der Waals surface area contributed by atoms with Gasteiger partial charge in [-0.25, -0.2) is 18.2 Å². The van der Waals surface area contributed by atoms with Crippen LogP contribution in [0.5, 0.6) is 0 Å². The number of aryl methyl sites for hydroxylation is 1. The number of para-hydroxylation sites is 1. The minimum atomic E-state index is -1.57. The van der Waals surface area contributed by atoms with E-state index in [4.69, 9.17) is 4.42 Å². The number of oxazole rings is 1. The molecule has 6 nitrogen and oxygen atoms in total. The van der Waals surface area contributed by atoms with Crippen molar-refractivity contribution in [2.45, 2.75) is 19.9 Å². The third kappa shape index (κ3) is 5.40. The van der Waals surface area contributed by atoms with Crippen LogP contribution in [0.2, 0.25) is 0 Å². The Morgan fingerprint density at radius 2 is 1.60 bits per heavy atom. The third-order valence-corrected chi connectivity index (χ3v) is 5.22. The number of aromatic nitrogens is 1. The molecule has 4 rings (SSSR count). The van der Waals surface area contributed by atoms with Crippen LogP contribution in [0.15, 0.2) is 71.1 Å². The molecule has 0 radical (unpaired) electrons. The van der Waals surface area contributed by atoms with Crippen LogP contribution in [0.3, 0.4) is 0 Å². The Morgan fingerprint density at radius 1 is 0.914 bits per heavy atom. The monoisotopic (exact) mass is 479 g/mol. The van der Waals surface area contributed by atoms with E-state index >= 15 is 0 Å². The molecule has 2 amide bonds. The molecule has 0 fully saturated rings. The van der Waals surface area contributed by atoms with Crippen LogP contribution in [-0.4, -0.2) is 16.8 Å². The molecule has 178 valence electrons. The van der Waals surface area contributed by atoms with Crippen molar-refractivity contribution in [1.82, 2.24) is 10.3 Å². The minimum Gasteiger partial charge on any atom is -0.441 e. The number of amides is 2. The van der Waals surface area contributed by atoms with Gasteiger partial charge in [-0.3, -0.25) is 9.59 Å². The summed E-state index contributed by atoms with van der Waals surface area (Å²) in [6, 6.07) is 17.5. The van der Waals surface area contributed by atoms with E-state index in [0.717, 1.165) is 5.56 Å². The number of nitrogens with one attached hydrogen (secondary N) is 2. The Bertz CT molecular complexity index is 1390. The zero-order chi connectivity index (χ0) is 24.9. The highest BCUT2D eigenvalue weighted by Gasteiger charge is 2.22. The fourth-order valence-corrected chi connectivity index (χ4v) is 3.45. The summed E-state index contributed by atoms with van der Waals surface area (Å²) in [5, 5.41) is 5.17. The number of carbonyl (C=O) groups is 2. The third-order valence-electron chi connectivity index (χ3n) is 5.22. The molecule has 3 aromatic carbocycles. The first-order chi connectivity index (χ1) is 16.8. The summed E-state index contributed by atoms with van der Waals surface area (Å²) in [4.78, 5) is 29.2. The van der Waals surface area contributed by atoms with Crippen LogP contribution in [0.25, 0.3) is 11.5 Å². The number of rotatable bonds is 7. The molecule has 4 aromatic rings. The van der Waals surface area contributed by atoms with Gasteiger partial charge >= 0.3 is 0 Å². The van der Waals surface area contributed by atoms with Crippen LogP contribution >= 0.6 is 0 Å². The van der Waals surface area contributed by atoms with Gasteiger partial charge in [-0.15, -0.1) is 0 Å². The number of hydrogen-bond acceptors (Lipinski definition) is 4. The molecule has 0 unspecified atom stereocenters. The van der Waals surface area contributed by atoms with Crippen molar-refractivity contribution in [2.24, 2.45) is 0 Å². The standard InChI is InChI=1S/C26H20F3N3O3/c1-15-21(14-30-25(34)23-18(27)11-12-19(28)24(23)29)32-26(35-15)17-9-5-6-10-20(17)31-22(33)13-16-7-3-2-4-8-16/h2-12H,13-14H2,1H3,(H,30,34)(H,31,33). The van der Waals surface area contributed by atoms with Gasteiger partial charge in [-0.05, 0) is 36.8 Å². The van der Waals surface area contributed by atoms with E-state index in [2.05, 4.69) is 15.6 Å². The molecule has 0 aliphatic carbocycles. The fourth-order valence-electron chi connectivity index (χ4n) is 3.45. The van der Waals surface area contributed by atoms with Gasteiger partial charge in [0, 0.05) is 0 Å². The quantitative estimate of drug-likeness (QED) is 0.358. The summed E-state index contributed by atoms with van der Waals surface area (Å²) in [7, 11) is 0. The van der Waals surface area contributed by atoms with Gasteiger partial charge in [0.05, 0.1) is 24.2 Å². The molecular formula is C26H20F3N3O3. The maximum Gasteiger partial charge on any atom is 0.257 e. The van der Waals surface area contributed by atoms with Crippen molar-refractivity contribution in [3.63, 3.8) is 0 Å². The molecule has 1 aromatic heterocycles. The van der Waals surface area contributed by atoms with Crippen LogP contribution in [0.1, 0.15) is 27.4 Å². The molecule has 0 spiro atoms. The van der Waals surface area contributed by atoms with Gasteiger partial charge in [0.15, 0.2) is 11.6 Å². The Labute approximate surface area is 198 Å². The first-order valence-corrected chi connectivity index (χ1v) is 10.6.